The molecular formula is C26H19BrCl2N2O5S. The highest BCUT2D eigenvalue weighted by atomic mass is 79.9. The lowest BCUT2D eigenvalue weighted by atomic mass is 10.1. The molecular weight excluding hydrogens is 603 g/mol. The summed E-state index contributed by atoms with van der Waals surface area (Å²) in [6, 6.07) is 17.3. The first-order chi connectivity index (χ1) is 17.8. The second-order valence-corrected chi connectivity index (χ2v) is 10.4. The first kappa shape index (κ1) is 27.1. The van der Waals surface area contributed by atoms with Gasteiger partial charge in [-0.3, -0.25) is 19.3 Å². The van der Waals surface area contributed by atoms with Crippen molar-refractivity contribution < 1.29 is 23.9 Å². The lowest BCUT2D eigenvalue weighted by molar-refractivity contribution is -0.123. The minimum absolute atomic E-state index is 0.0811. The fourth-order valence-corrected chi connectivity index (χ4v) is 5.23. The number of thioether (sulfide) groups is 1. The molecule has 37 heavy (non-hydrogen) atoms. The van der Waals surface area contributed by atoms with Crippen molar-refractivity contribution in [3.05, 3.63) is 91.2 Å². The summed E-state index contributed by atoms with van der Waals surface area (Å²) in [4.78, 5) is 39.2. The zero-order valence-corrected chi connectivity index (χ0v) is 23.2. The van der Waals surface area contributed by atoms with Gasteiger partial charge in [-0.15, -0.1) is 0 Å². The second-order valence-electron chi connectivity index (χ2n) is 7.71. The Balaban J connectivity index is 1.48. The molecule has 7 nitrogen and oxygen atoms in total. The highest BCUT2D eigenvalue weighted by Gasteiger charge is 2.35. The number of nitrogens with zero attached hydrogens (tertiary/aromatic N) is 1. The van der Waals surface area contributed by atoms with Crippen LogP contribution in [-0.4, -0.2) is 35.7 Å². The molecule has 1 heterocycles. The van der Waals surface area contributed by atoms with Crippen molar-refractivity contribution in [1.29, 1.82) is 0 Å². The largest absolute Gasteiger partial charge is 0.493 e. The Morgan fingerprint density at radius 2 is 1.78 bits per heavy atom. The molecule has 0 aromatic heterocycles. The van der Waals surface area contributed by atoms with Crippen LogP contribution in [0.3, 0.4) is 0 Å². The van der Waals surface area contributed by atoms with Crippen molar-refractivity contribution in [2.24, 2.45) is 0 Å². The van der Waals surface area contributed by atoms with E-state index in [1.54, 1.807) is 66.7 Å². The monoisotopic (exact) mass is 620 g/mol. The van der Waals surface area contributed by atoms with Gasteiger partial charge in [-0.05, 0) is 75.2 Å². The van der Waals surface area contributed by atoms with Gasteiger partial charge in [0.15, 0.2) is 18.1 Å². The molecule has 0 aliphatic carbocycles. The number of imide groups is 1. The van der Waals surface area contributed by atoms with Gasteiger partial charge < -0.3 is 14.8 Å². The summed E-state index contributed by atoms with van der Waals surface area (Å²) in [6.45, 7) is -0.210. The second kappa shape index (κ2) is 12.0. The van der Waals surface area contributed by atoms with E-state index in [0.29, 0.717) is 42.8 Å². The molecule has 0 bridgehead atoms. The number of nitrogens with one attached hydrogen (secondary N) is 1. The summed E-state index contributed by atoms with van der Waals surface area (Å²) >= 11 is 16.5. The molecule has 0 unspecified atom stereocenters. The molecule has 0 atom stereocenters. The number of carbonyl (C=O) groups is 3. The van der Waals surface area contributed by atoms with Gasteiger partial charge >= 0.3 is 0 Å². The Morgan fingerprint density at radius 3 is 2.49 bits per heavy atom. The highest BCUT2D eigenvalue weighted by Crippen LogP contribution is 2.39. The minimum Gasteiger partial charge on any atom is -0.493 e. The van der Waals surface area contributed by atoms with E-state index < -0.39 is 11.8 Å². The van der Waals surface area contributed by atoms with E-state index in [1.807, 2.05) is 0 Å². The van der Waals surface area contributed by atoms with Crippen LogP contribution >= 0.6 is 50.9 Å². The van der Waals surface area contributed by atoms with E-state index in [4.69, 9.17) is 32.7 Å². The topological polar surface area (TPSA) is 84.9 Å². The quantitative estimate of drug-likeness (QED) is 0.272. The average molecular weight is 622 g/mol. The van der Waals surface area contributed by atoms with Gasteiger partial charge in [0.2, 0.25) is 0 Å². The predicted molar refractivity (Wildman–Crippen MR) is 149 cm³/mol. The standard InChI is InChI=1S/C26H19BrCl2N2O5S/c1-35-21-11-15(10-17(27)24(21)36-14-23(32)30-20-9-5-4-8-19(20)29)12-22-25(33)31(26(34)37-22)13-16-6-2-3-7-18(16)28/h2-12H,13-14H2,1H3,(H,30,32)/b22-12-. The number of carbonyl (C=O) groups excluding carboxylic acids is 3. The van der Waals surface area contributed by atoms with Gasteiger partial charge in [-0.1, -0.05) is 53.5 Å². The summed E-state index contributed by atoms with van der Waals surface area (Å²) in [5, 5.41) is 3.20. The highest BCUT2D eigenvalue weighted by molar-refractivity contribution is 9.10. The van der Waals surface area contributed by atoms with Crippen LogP contribution < -0.4 is 14.8 Å². The third-order valence-electron chi connectivity index (χ3n) is 5.20. The van der Waals surface area contributed by atoms with Crippen LogP contribution in [0.2, 0.25) is 10.0 Å². The lowest BCUT2D eigenvalue weighted by Gasteiger charge is -2.14. The summed E-state index contributed by atoms with van der Waals surface area (Å²) in [5.41, 5.74) is 1.75. The Bertz CT molecular complexity index is 1420. The Hall–Kier alpha value is -2.98. The van der Waals surface area contributed by atoms with Crippen LogP contribution in [0.1, 0.15) is 11.1 Å². The van der Waals surface area contributed by atoms with Crippen LogP contribution in [-0.2, 0) is 16.1 Å². The molecule has 11 heteroatoms. The number of benzene rings is 3. The SMILES string of the molecule is COc1cc(/C=C2\SC(=O)N(Cc3ccccc3Cl)C2=O)cc(Br)c1OCC(=O)Nc1ccccc1Cl. The first-order valence-corrected chi connectivity index (χ1v) is 13.2. The van der Waals surface area contributed by atoms with E-state index in [1.165, 1.54) is 7.11 Å². The summed E-state index contributed by atoms with van der Waals surface area (Å²) in [6.07, 6.45) is 1.60. The molecule has 3 aromatic rings. The van der Waals surface area contributed by atoms with Crippen molar-refractivity contribution in [2.45, 2.75) is 6.54 Å². The minimum atomic E-state index is -0.415. The lowest BCUT2D eigenvalue weighted by Crippen LogP contribution is -2.27. The van der Waals surface area contributed by atoms with Crippen molar-refractivity contribution in [3.63, 3.8) is 0 Å². The maximum Gasteiger partial charge on any atom is 0.293 e. The molecule has 1 fully saturated rings. The number of ether oxygens (including phenoxy) is 2. The third-order valence-corrected chi connectivity index (χ3v) is 7.40. The Morgan fingerprint density at radius 1 is 1.08 bits per heavy atom. The molecule has 0 spiro atoms. The van der Waals surface area contributed by atoms with Crippen LogP contribution in [0.4, 0.5) is 10.5 Å². The van der Waals surface area contributed by atoms with E-state index in [0.717, 1.165) is 16.7 Å². The van der Waals surface area contributed by atoms with Crippen LogP contribution in [0, 0.1) is 0 Å². The molecule has 1 aliphatic rings. The van der Waals surface area contributed by atoms with E-state index in [-0.39, 0.29) is 23.3 Å². The maximum absolute atomic E-state index is 12.9. The third kappa shape index (κ3) is 6.48. The van der Waals surface area contributed by atoms with Gasteiger partial charge in [0.05, 0.1) is 33.7 Å². The number of halogens is 3. The van der Waals surface area contributed by atoms with Crippen molar-refractivity contribution in [2.75, 3.05) is 19.0 Å². The summed E-state index contributed by atoms with van der Waals surface area (Å²) < 4.78 is 11.6. The molecule has 4 rings (SSSR count). The number of hydrogen-bond donors (Lipinski definition) is 1. The number of para-hydroxylation sites is 1. The zero-order chi connectivity index (χ0) is 26.5. The van der Waals surface area contributed by atoms with Crippen molar-refractivity contribution in [1.82, 2.24) is 4.90 Å². The Labute approximate surface area is 235 Å². The van der Waals surface area contributed by atoms with Crippen LogP contribution in [0.15, 0.2) is 70.0 Å². The van der Waals surface area contributed by atoms with Crippen molar-refractivity contribution in [3.8, 4) is 11.5 Å². The molecule has 1 N–H and O–H groups in total. The van der Waals surface area contributed by atoms with E-state index >= 15 is 0 Å². The van der Waals surface area contributed by atoms with Crippen LogP contribution in [0.25, 0.3) is 6.08 Å². The molecule has 0 saturated carbocycles. The van der Waals surface area contributed by atoms with Gasteiger partial charge in [0, 0.05) is 5.02 Å². The van der Waals surface area contributed by atoms with Crippen LogP contribution in [0.5, 0.6) is 11.5 Å². The number of amides is 3. The van der Waals surface area contributed by atoms with E-state index in [9.17, 15) is 14.4 Å². The molecule has 3 amide bonds. The van der Waals surface area contributed by atoms with Gasteiger partial charge in [-0.2, -0.15) is 0 Å². The first-order valence-electron chi connectivity index (χ1n) is 10.8. The Kier molecular flexibility index (Phi) is 8.81. The number of rotatable bonds is 8. The molecule has 190 valence electrons. The molecule has 0 radical (unpaired) electrons. The number of methoxy groups -OCH3 is 1. The zero-order valence-electron chi connectivity index (χ0n) is 19.3. The number of anilines is 1. The molecule has 1 saturated heterocycles. The fourth-order valence-electron chi connectivity index (χ4n) is 3.43. The molecule has 3 aromatic carbocycles. The van der Waals surface area contributed by atoms with Gasteiger partial charge in [-0.25, -0.2) is 0 Å². The number of hydrogen-bond acceptors (Lipinski definition) is 6. The van der Waals surface area contributed by atoms with E-state index in [2.05, 4.69) is 21.2 Å². The normalized spacial score (nSPS) is 14.3. The predicted octanol–water partition coefficient (Wildman–Crippen LogP) is 7.02. The average Bonchev–Trinajstić information content (AvgIpc) is 3.13. The molecule has 1 aliphatic heterocycles. The maximum atomic E-state index is 12.9. The van der Waals surface area contributed by atoms with Gasteiger partial charge in [0.1, 0.15) is 0 Å². The van der Waals surface area contributed by atoms with Gasteiger partial charge in [0.25, 0.3) is 17.1 Å². The van der Waals surface area contributed by atoms with Crippen molar-refractivity contribution >= 4 is 79.7 Å². The smallest absolute Gasteiger partial charge is 0.293 e. The summed E-state index contributed by atoms with van der Waals surface area (Å²) in [5.74, 6) is -0.179. The summed E-state index contributed by atoms with van der Waals surface area (Å²) in [7, 11) is 1.46. The fraction of sp³-hybridized carbons (Fsp3) is 0.115.